The first kappa shape index (κ1) is 11.4. The van der Waals surface area contributed by atoms with E-state index >= 15 is 0 Å². The number of thiocarbonyl (C=S) groups is 1. The summed E-state index contributed by atoms with van der Waals surface area (Å²) in [5.41, 5.74) is 16.0. The summed E-state index contributed by atoms with van der Waals surface area (Å²) in [7, 11) is 0. The molecule has 0 spiro atoms. The standard InChI is InChI=1S/C13H12N2OS/c14-9-5-6-12(15)11(7-9)10-3-1-2-4-13(10)16-8-17/h1-8H,14-15H2. The molecule has 4 N–H and O–H groups in total. The van der Waals surface area contributed by atoms with Crippen LogP contribution in [0, 0.1) is 0 Å². The molecule has 2 aromatic carbocycles. The largest absolute Gasteiger partial charge is 0.453 e. The number of anilines is 2. The van der Waals surface area contributed by atoms with Gasteiger partial charge in [0.1, 0.15) is 5.75 Å². The van der Waals surface area contributed by atoms with Gasteiger partial charge in [0, 0.05) is 22.5 Å². The van der Waals surface area contributed by atoms with Crippen molar-refractivity contribution in [1.29, 1.82) is 0 Å². The van der Waals surface area contributed by atoms with Crippen LogP contribution < -0.4 is 16.2 Å². The summed E-state index contributed by atoms with van der Waals surface area (Å²) in [6.45, 7) is 0. The van der Waals surface area contributed by atoms with Gasteiger partial charge in [0.05, 0.1) is 0 Å². The lowest BCUT2D eigenvalue weighted by Gasteiger charge is -2.10. The van der Waals surface area contributed by atoms with Crippen molar-refractivity contribution in [3.8, 4) is 16.9 Å². The number of ether oxygens (including phenoxy) is 1. The summed E-state index contributed by atoms with van der Waals surface area (Å²) in [5.74, 6) is 0.666. The second-order valence-corrected chi connectivity index (χ2v) is 3.75. The van der Waals surface area contributed by atoms with Gasteiger partial charge < -0.3 is 16.2 Å². The van der Waals surface area contributed by atoms with E-state index in [9.17, 15) is 0 Å². The molecule has 0 atom stereocenters. The van der Waals surface area contributed by atoms with Gasteiger partial charge in [-0.1, -0.05) is 18.2 Å². The second kappa shape index (κ2) is 4.84. The molecule has 86 valence electrons. The average Bonchev–Trinajstić information content (AvgIpc) is 2.34. The molecule has 0 fully saturated rings. The van der Waals surface area contributed by atoms with Gasteiger partial charge in [0.2, 0.25) is 0 Å². The molecule has 0 amide bonds. The van der Waals surface area contributed by atoms with E-state index in [0.717, 1.165) is 11.1 Å². The minimum atomic E-state index is 0.652. The molecule has 0 radical (unpaired) electrons. The summed E-state index contributed by atoms with van der Waals surface area (Å²) >= 11 is 4.70. The Labute approximate surface area is 105 Å². The van der Waals surface area contributed by atoms with Crippen molar-refractivity contribution in [3.63, 3.8) is 0 Å². The van der Waals surface area contributed by atoms with Crippen LogP contribution in [0.5, 0.6) is 5.75 Å². The number of rotatable bonds is 3. The lowest BCUT2D eigenvalue weighted by Crippen LogP contribution is -1.95. The number of para-hydroxylation sites is 1. The summed E-state index contributed by atoms with van der Waals surface area (Å²) in [5, 5.41) is 0. The fraction of sp³-hybridized carbons (Fsp3) is 0. The molecule has 0 saturated carbocycles. The first-order valence-electron chi connectivity index (χ1n) is 5.07. The highest BCUT2D eigenvalue weighted by atomic mass is 32.1. The zero-order valence-electron chi connectivity index (χ0n) is 9.09. The topological polar surface area (TPSA) is 61.3 Å². The maximum Gasteiger partial charge on any atom is 0.154 e. The molecule has 0 bridgehead atoms. The Morgan fingerprint density at radius 1 is 1.00 bits per heavy atom. The summed E-state index contributed by atoms with van der Waals surface area (Å²) in [4.78, 5) is 0. The molecule has 0 aliphatic carbocycles. The van der Waals surface area contributed by atoms with E-state index < -0.39 is 0 Å². The van der Waals surface area contributed by atoms with Gasteiger partial charge in [0.15, 0.2) is 5.55 Å². The number of benzene rings is 2. The van der Waals surface area contributed by atoms with Crippen molar-refractivity contribution in [2.75, 3.05) is 11.5 Å². The Kier molecular flexibility index (Phi) is 3.25. The summed E-state index contributed by atoms with van der Waals surface area (Å²) in [6, 6.07) is 12.9. The Morgan fingerprint density at radius 2 is 1.76 bits per heavy atom. The van der Waals surface area contributed by atoms with Crippen LogP contribution in [-0.2, 0) is 0 Å². The number of hydrogen-bond acceptors (Lipinski definition) is 4. The molecule has 3 nitrogen and oxygen atoms in total. The van der Waals surface area contributed by atoms with Crippen LogP contribution in [-0.4, -0.2) is 5.55 Å². The maximum atomic E-state index is 5.94. The van der Waals surface area contributed by atoms with Gasteiger partial charge in [-0.2, -0.15) is 0 Å². The van der Waals surface area contributed by atoms with Crippen LogP contribution in [0.1, 0.15) is 0 Å². The molecule has 0 unspecified atom stereocenters. The van der Waals surface area contributed by atoms with Crippen LogP contribution in [0.25, 0.3) is 11.1 Å². The molecule has 17 heavy (non-hydrogen) atoms. The van der Waals surface area contributed by atoms with Crippen molar-refractivity contribution in [2.24, 2.45) is 0 Å². The minimum absolute atomic E-state index is 0.652. The summed E-state index contributed by atoms with van der Waals surface area (Å²) in [6.07, 6.45) is 0. The van der Waals surface area contributed by atoms with Crippen LogP contribution in [0.4, 0.5) is 11.4 Å². The van der Waals surface area contributed by atoms with E-state index in [1.807, 2.05) is 30.3 Å². The molecule has 0 heterocycles. The molecular formula is C13H12N2OS. The van der Waals surface area contributed by atoms with Crippen LogP contribution in [0.15, 0.2) is 42.5 Å². The van der Waals surface area contributed by atoms with Gasteiger partial charge in [-0.05, 0) is 36.5 Å². The highest BCUT2D eigenvalue weighted by molar-refractivity contribution is 7.78. The van der Waals surface area contributed by atoms with Crippen molar-refractivity contribution < 1.29 is 4.74 Å². The molecule has 4 heteroatoms. The van der Waals surface area contributed by atoms with Crippen molar-refractivity contribution in [3.05, 3.63) is 42.5 Å². The predicted octanol–water partition coefficient (Wildman–Crippen LogP) is 2.85. The fourth-order valence-electron chi connectivity index (χ4n) is 1.65. The van der Waals surface area contributed by atoms with Crippen LogP contribution in [0.3, 0.4) is 0 Å². The molecular weight excluding hydrogens is 232 g/mol. The Morgan fingerprint density at radius 3 is 2.53 bits per heavy atom. The van der Waals surface area contributed by atoms with Gasteiger partial charge >= 0.3 is 0 Å². The SMILES string of the molecule is Nc1ccc(N)c(-c2ccccc2OC=S)c1. The molecule has 0 aliphatic heterocycles. The molecule has 0 aliphatic rings. The second-order valence-electron chi connectivity index (χ2n) is 3.56. The van der Waals surface area contributed by atoms with Crippen LogP contribution >= 0.6 is 12.2 Å². The van der Waals surface area contributed by atoms with Crippen molar-refractivity contribution in [2.45, 2.75) is 0 Å². The number of nitrogen functional groups attached to an aromatic ring is 2. The number of nitrogens with two attached hydrogens (primary N) is 2. The maximum absolute atomic E-state index is 5.94. The predicted molar refractivity (Wildman–Crippen MR) is 75.0 cm³/mol. The van der Waals surface area contributed by atoms with Gasteiger partial charge in [0.25, 0.3) is 0 Å². The van der Waals surface area contributed by atoms with Gasteiger partial charge in [-0.25, -0.2) is 0 Å². The molecule has 0 saturated heterocycles. The van der Waals surface area contributed by atoms with Crippen molar-refractivity contribution >= 4 is 29.1 Å². The minimum Gasteiger partial charge on any atom is -0.453 e. The highest BCUT2D eigenvalue weighted by Gasteiger charge is 2.08. The van der Waals surface area contributed by atoms with E-state index in [0.29, 0.717) is 17.1 Å². The number of hydrogen-bond donors (Lipinski definition) is 2. The normalized spacial score (nSPS) is 9.88. The van der Waals surface area contributed by atoms with E-state index in [2.05, 4.69) is 0 Å². The Bertz CT molecular complexity index is 555. The zero-order valence-corrected chi connectivity index (χ0v) is 9.91. The monoisotopic (exact) mass is 244 g/mol. The first-order chi connectivity index (χ1) is 8.22. The lowest BCUT2D eigenvalue weighted by atomic mass is 10.0. The highest BCUT2D eigenvalue weighted by Crippen LogP contribution is 2.34. The third-order valence-electron chi connectivity index (χ3n) is 2.43. The molecule has 0 aromatic heterocycles. The van der Waals surface area contributed by atoms with E-state index in [1.54, 1.807) is 12.1 Å². The Hall–Kier alpha value is -2.07. The smallest absolute Gasteiger partial charge is 0.154 e. The fourth-order valence-corrected chi connectivity index (χ4v) is 1.75. The Balaban J connectivity index is 2.59. The van der Waals surface area contributed by atoms with Gasteiger partial charge in [-0.3, -0.25) is 0 Å². The van der Waals surface area contributed by atoms with Gasteiger partial charge in [-0.15, -0.1) is 0 Å². The lowest BCUT2D eigenvalue weighted by molar-refractivity contribution is 0.588. The zero-order chi connectivity index (χ0) is 12.3. The van der Waals surface area contributed by atoms with E-state index in [4.69, 9.17) is 28.4 Å². The van der Waals surface area contributed by atoms with Crippen LogP contribution in [0.2, 0.25) is 0 Å². The average molecular weight is 244 g/mol. The first-order valence-corrected chi connectivity index (χ1v) is 5.54. The molecule has 2 aromatic rings. The van der Waals surface area contributed by atoms with E-state index in [1.165, 1.54) is 5.55 Å². The van der Waals surface area contributed by atoms with Crippen molar-refractivity contribution in [1.82, 2.24) is 0 Å². The molecule has 2 rings (SSSR count). The van der Waals surface area contributed by atoms with E-state index in [-0.39, 0.29) is 0 Å². The summed E-state index contributed by atoms with van der Waals surface area (Å²) < 4.78 is 5.28. The third-order valence-corrected chi connectivity index (χ3v) is 2.53. The third kappa shape index (κ3) is 2.37. The quantitative estimate of drug-likeness (QED) is 0.643.